The first kappa shape index (κ1) is 15.6. The van der Waals surface area contributed by atoms with Gasteiger partial charge >= 0.3 is 0 Å². The molecule has 0 fully saturated rings. The van der Waals surface area contributed by atoms with Crippen LogP contribution in [0.3, 0.4) is 0 Å². The van der Waals surface area contributed by atoms with E-state index in [9.17, 15) is 4.79 Å². The average Bonchev–Trinajstić information content (AvgIpc) is 3.03. The molecule has 0 amide bonds. The fraction of sp³-hybridized carbons (Fsp3) is 0.211. The topological polar surface area (TPSA) is 42.9 Å². The number of benzene rings is 1. The van der Waals surface area contributed by atoms with Crippen molar-refractivity contribution >= 4 is 17.1 Å². The van der Waals surface area contributed by atoms with Gasteiger partial charge < -0.3 is 0 Å². The van der Waals surface area contributed by atoms with E-state index >= 15 is 0 Å². The summed E-state index contributed by atoms with van der Waals surface area (Å²) >= 11 is 1.55. The molecule has 3 aromatic rings. The van der Waals surface area contributed by atoms with Gasteiger partial charge in [0.2, 0.25) is 0 Å². The van der Waals surface area contributed by atoms with Crippen LogP contribution in [-0.2, 0) is 11.2 Å². The Morgan fingerprint density at radius 1 is 1.13 bits per heavy atom. The molecule has 0 unspecified atom stereocenters. The average molecular weight is 322 g/mol. The Labute approximate surface area is 140 Å². The molecule has 23 heavy (non-hydrogen) atoms. The van der Waals surface area contributed by atoms with Crippen LogP contribution in [0, 0.1) is 6.92 Å². The van der Waals surface area contributed by atoms with E-state index in [1.54, 1.807) is 11.3 Å². The predicted molar refractivity (Wildman–Crippen MR) is 94.5 cm³/mol. The van der Waals surface area contributed by atoms with Crippen LogP contribution in [-0.4, -0.2) is 15.8 Å². The second-order valence-corrected chi connectivity index (χ2v) is 6.40. The van der Waals surface area contributed by atoms with Gasteiger partial charge in [-0.3, -0.25) is 9.78 Å². The smallest absolute Gasteiger partial charge is 0.139 e. The van der Waals surface area contributed by atoms with Crippen molar-refractivity contribution in [3.8, 4) is 22.4 Å². The van der Waals surface area contributed by atoms with Gasteiger partial charge in [0, 0.05) is 29.3 Å². The fourth-order valence-corrected chi connectivity index (χ4v) is 3.23. The summed E-state index contributed by atoms with van der Waals surface area (Å²) in [6, 6.07) is 12.4. The molecule has 3 nitrogen and oxygen atoms in total. The van der Waals surface area contributed by atoms with Gasteiger partial charge in [-0.15, -0.1) is 11.3 Å². The van der Waals surface area contributed by atoms with Gasteiger partial charge in [-0.05, 0) is 36.2 Å². The van der Waals surface area contributed by atoms with Crippen molar-refractivity contribution in [1.29, 1.82) is 0 Å². The summed E-state index contributed by atoms with van der Waals surface area (Å²) in [5, 5.41) is 2.91. The van der Waals surface area contributed by atoms with Crippen LogP contribution in [0.1, 0.15) is 24.0 Å². The minimum absolute atomic E-state index is 0.229. The third-order valence-corrected chi connectivity index (χ3v) is 4.53. The van der Waals surface area contributed by atoms with Crippen molar-refractivity contribution in [3.05, 3.63) is 58.7 Å². The molecule has 2 heterocycles. The lowest BCUT2D eigenvalue weighted by molar-refractivity contribution is -0.118. The quantitative estimate of drug-likeness (QED) is 0.683. The molecule has 4 heteroatoms. The number of aromatic nitrogens is 2. The highest BCUT2D eigenvalue weighted by atomic mass is 32.1. The van der Waals surface area contributed by atoms with Crippen molar-refractivity contribution < 1.29 is 4.79 Å². The first-order valence-electron chi connectivity index (χ1n) is 7.65. The summed E-state index contributed by atoms with van der Waals surface area (Å²) in [4.78, 5) is 20.4. The number of thiazole rings is 1. The van der Waals surface area contributed by atoms with Crippen molar-refractivity contribution in [2.24, 2.45) is 0 Å². The Bertz CT molecular complexity index is 839. The Kier molecular flexibility index (Phi) is 4.63. The van der Waals surface area contributed by atoms with E-state index in [0.29, 0.717) is 12.8 Å². The lowest BCUT2D eigenvalue weighted by atomic mass is 10.0. The molecule has 0 atom stereocenters. The van der Waals surface area contributed by atoms with Crippen LogP contribution in [0.25, 0.3) is 22.4 Å². The van der Waals surface area contributed by atoms with Gasteiger partial charge in [0.25, 0.3) is 0 Å². The van der Waals surface area contributed by atoms with E-state index in [2.05, 4.69) is 34.2 Å². The SMILES string of the molecule is CCC(=O)Cc1nc(-c2cccc(-c3ccnc(C)c3)c2)cs1. The molecule has 0 radical (unpaired) electrons. The second-order valence-electron chi connectivity index (χ2n) is 5.46. The van der Waals surface area contributed by atoms with E-state index in [1.807, 2.05) is 37.6 Å². The molecule has 116 valence electrons. The number of rotatable bonds is 5. The maximum absolute atomic E-state index is 11.6. The van der Waals surface area contributed by atoms with E-state index in [4.69, 9.17) is 0 Å². The first-order chi connectivity index (χ1) is 11.2. The number of aryl methyl sites for hydroxylation is 1. The molecule has 0 aliphatic rings. The number of carbonyl (C=O) groups excluding carboxylic acids is 1. The minimum atomic E-state index is 0.229. The molecule has 0 spiro atoms. The first-order valence-corrected chi connectivity index (χ1v) is 8.53. The summed E-state index contributed by atoms with van der Waals surface area (Å²) in [5.41, 5.74) is 5.30. The number of carbonyl (C=O) groups is 1. The largest absolute Gasteiger partial charge is 0.299 e. The third-order valence-electron chi connectivity index (χ3n) is 3.68. The standard InChI is InChI=1S/C19H18N2OS/c1-3-17(22)11-19-21-18(12-23-19)16-6-4-5-14(10-16)15-7-8-20-13(2)9-15/h4-10,12H,3,11H2,1-2H3. The van der Waals surface area contributed by atoms with Crippen LogP contribution >= 0.6 is 11.3 Å². The van der Waals surface area contributed by atoms with Gasteiger partial charge in [-0.25, -0.2) is 4.98 Å². The second kappa shape index (κ2) is 6.84. The summed E-state index contributed by atoms with van der Waals surface area (Å²) in [6.45, 7) is 3.88. The maximum Gasteiger partial charge on any atom is 0.139 e. The highest BCUT2D eigenvalue weighted by molar-refractivity contribution is 7.10. The van der Waals surface area contributed by atoms with Crippen LogP contribution in [0.5, 0.6) is 0 Å². The fourth-order valence-electron chi connectivity index (χ4n) is 2.40. The van der Waals surface area contributed by atoms with Gasteiger partial charge in [0.15, 0.2) is 0 Å². The zero-order valence-electron chi connectivity index (χ0n) is 13.2. The van der Waals surface area contributed by atoms with E-state index in [1.165, 1.54) is 0 Å². The van der Waals surface area contributed by atoms with Crippen LogP contribution in [0.15, 0.2) is 48.0 Å². The molecule has 0 saturated carbocycles. The van der Waals surface area contributed by atoms with Gasteiger partial charge in [-0.1, -0.05) is 25.1 Å². The summed E-state index contributed by atoms with van der Waals surface area (Å²) in [6.07, 6.45) is 2.82. The Morgan fingerprint density at radius 3 is 2.70 bits per heavy atom. The lowest BCUT2D eigenvalue weighted by Crippen LogP contribution is -1.99. The zero-order chi connectivity index (χ0) is 16.2. The molecule has 0 saturated heterocycles. The van der Waals surface area contributed by atoms with Crippen molar-refractivity contribution in [2.45, 2.75) is 26.7 Å². The monoisotopic (exact) mass is 322 g/mol. The highest BCUT2D eigenvalue weighted by Gasteiger charge is 2.09. The predicted octanol–water partition coefficient (Wildman–Crippen LogP) is 4.70. The van der Waals surface area contributed by atoms with Gasteiger partial charge in [0.1, 0.15) is 10.8 Å². The molecular weight excluding hydrogens is 304 g/mol. The molecule has 1 aromatic carbocycles. The number of hydrogen-bond acceptors (Lipinski definition) is 4. The molecule has 0 N–H and O–H groups in total. The van der Waals surface area contributed by atoms with E-state index in [-0.39, 0.29) is 5.78 Å². The Hall–Kier alpha value is -2.33. The third kappa shape index (κ3) is 3.71. The number of nitrogens with zero attached hydrogens (tertiary/aromatic N) is 2. The Morgan fingerprint density at radius 2 is 1.91 bits per heavy atom. The zero-order valence-corrected chi connectivity index (χ0v) is 14.1. The van der Waals surface area contributed by atoms with Gasteiger partial charge in [-0.2, -0.15) is 0 Å². The lowest BCUT2D eigenvalue weighted by Gasteiger charge is -2.04. The number of pyridine rings is 1. The summed E-state index contributed by atoms with van der Waals surface area (Å²) in [7, 11) is 0. The molecule has 0 aliphatic carbocycles. The number of hydrogen-bond donors (Lipinski definition) is 0. The molecular formula is C19H18N2OS. The maximum atomic E-state index is 11.6. The van der Waals surface area contributed by atoms with Crippen molar-refractivity contribution in [3.63, 3.8) is 0 Å². The highest BCUT2D eigenvalue weighted by Crippen LogP contribution is 2.27. The van der Waals surface area contributed by atoms with E-state index < -0.39 is 0 Å². The summed E-state index contributed by atoms with van der Waals surface area (Å²) in [5.74, 6) is 0.229. The minimum Gasteiger partial charge on any atom is -0.299 e. The normalized spacial score (nSPS) is 10.7. The molecule has 0 aliphatic heterocycles. The summed E-state index contributed by atoms with van der Waals surface area (Å²) < 4.78 is 0. The molecule has 2 aromatic heterocycles. The number of ketones is 1. The molecule has 3 rings (SSSR count). The molecule has 0 bridgehead atoms. The number of Topliss-reactive ketones (excluding diaryl/α,β-unsaturated/α-hetero) is 1. The van der Waals surface area contributed by atoms with Crippen LogP contribution < -0.4 is 0 Å². The Balaban J connectivity index is 1.89. The van der Waals surface area contributed by atoms with Crippen molar-refractivity contribution in [1.82, 2.24) is 9.97 Å². The van der Waals surface area contributed by atoms with E-state index in [0.717, 1.165) is 33.1 Å². The van der Waals surface area contributed by atoms with Crippen LogP contribution in [0.2, 0.25) is 0 Å². The van der Waals surface area contributed by atoms with Crippen LogP contribution in [0.4, 0.5) is 0 Å². The van der Waals surface area contributed by atoms with Crippen molar-refractivity contribution in [2.75, 3.05) is 0 Å². The van der Waals surface area contributed by atoms with Gasteiger partial charge in [0.05, 0.1) is 12.1 Å².